The molecule has 96 valence electrons. The van der Waals surface area contributed by atoms with Crippen molar-refractivity contribution in [3.05, 3.63) is 12.0 Å². The van der Waals surface area contributed by atoms with Gasteiger partial charge in [-0.05, 0) is 19.8 Å². The quantitative estimate of drug-likeness (QED) is 0.820. The van der Waals surface area contributed by atoms with Gasteiger partial charge in [-0.2, -0.15) is 0 Å². The van der Waals surface area contributed by atoms with Gasteiger partial charge in [0.2, 0.25) is 0 Å². The number of aryl methyl sites for hydroxylation is 1. The van der Waals surface area contributed by atoms with Gasteiger partial charge >= 0.3 is 0 Å². The number of halogens is 1. The number of aromatic amines is 1. The lowest BCUT2D eigenvalue weighted by Gasteiger charge is -2.26. The summed E-state index contributed by atoms with van der Waals surface area (Å²) in [6, 6.07) is 0. The monoisotopic (exact) mass is 277 g/mol. The molecule has 0 aromatic carbocycles. The van der Waals surface area contributed by atoms with Crippen LogP contribution in [0.1, 0.15) is 31.5 Å². The van der Waals surface area contributed by atoms with Gasteiger partial charge < -0.3 is 4.98 Å². The predicted molar refractivity (Wildman–Crippen MR) is 65.6 cm³/mol. The molecule has 0 radical (unpaired) electrons. The standard InChI is InChI=1S/C10H16ClN3O2S/c1-8-12-6-9(13-8)17(15,16)14-10(7-11)4-2-3-5-10/h6,14H,2-5,7H2,1H3,(H,12,13). The fourth-order valence-corrected chi connectivity index (χ4v) is 4.03. The lowest BCUT2D eigenvalue weighted by Crippen LogP contribution is -2.47. The fraction of sp³-hybridized carbons (Fsp3) is 0.700. The van der Waals surface area contributed by atoms with Crippen LogP contribution in [0, 0.1) is 6.92 Å². The van der Waals surface area contributed by atoms with Gasteiger partial charge in [0.1, 0.15) is 5.82 Å². The maximum atomic E-state index is 12.1. The van der Waals surface area contributed by atoms with E-state index in [2.05, 4.69) is 14.7 Å². The summed E-state index contributed by atoms with van der Waals surface area (Å²) >= 11 is 5.91. The summed E-state index contributed by atoms with van der Waals surface area (Å²) in [5.41, 5.74) is -0.487. The van der Waals surface area contributed by atoms with E-state index in [1.165, 1.54) is 6.20 Å². The van der Waals surface area contributed by atoms with Crippen LogP contribution in [0.5, 0.6) is 0 Å². The van der Waals surface area contributed by atoms with Crippen molar-refractivity contribution in [2.45, 2.75) is 43.2 Å². The van der Waals surface area contributed by atoms with Crippen molar-refractivity contribution >= 4 is 21.6 Å². The van der Waals surface area contributed by atoms with E-state index < -0.39 is 15.6 Å². The van der Waals surface area contributed by atoms with Gasteiger partial charge in [0, 0.05) is 11.4 Å². The van der Waals surface area contributed by atoms with Crippen LogP contribution in [-0.4, -0.2) is 29.8 Å². The van der Waals surface area contributed by atoms with Gasteiger partial charge in [-0.25, -0.2) is 18.1 Å². The highest BCUT2D eigenvalue weighted by Gasteiger charge is 2.37. The molecule has 1 saturated carbocycles. The third-order valence-corrected chi connectivity index (χ3v) is 5.14. The molecule has 0 amide bonds. The summed E-state index contributed by atoms with van der Waals surface area (Å²) in [6.07, 6.45) is 4.94. The minimum atomic E-state index is -3.55. The Labute approximate surface area is 106 Å². The molecule has 0 unspecified atom stereocenters. The zero-order valence-corrected chi connectivity index (χ0v) is 11.2. The predicted octanol–water partition coefficient (Wildman–Crippen LogP) is 1.55. The van der Waals surface area contributed by atoms with Gasteiger partial charge in [-0.1, -0.05) is 12.8 Å². The Balaban J connectivity index is 2.22. The number of nitrogens with one attached hydrogen (secondary N) is 2. The first-order chi connectivity index (χ1) is 7.97. The second-order valence-electron chi connectivity index (χ2n) is 4.56. The minimum absolute atomic E-state index is 0.103. The van der Waals surface area contributed by atoms with Crippen LogP contribution in [-0.2, 0) is 10.0 Å². The van der Waals surface area contributed by atoms with E-state index in [1.54, 1.807) is 6.92 Å². The molecule has 7 heteroatoms. The Morgan fingerprint density at radius 2 is 2.18 bits per heavy atom. The number of H-pyrrole nitrogens is 1. The smallest absolute Gasteiger partial charge is 0.258 e. The van der Waals surface area contributed by atoms with E-state index in [-0.39, 0.29) is 5.03 Å². The summed E-state index contributed by atoms with van der Waals surface area (Å²) in [7, 11) is -3.55. The molecule has 1 aliphatic rings. The van der Waals surface area contributed by atoms with Crippen LogP contribution in [0.25, 0.3) is 0 Å². The normalized spacial score (nSPS) is 19.6. The molecular weight excluding hydrogens is 262 g/mol. The Morgan fingerprint density at radius 1 is 1.53 bits per heavy atom. The van der Waals surface area contributed by atoms with Crippen molar-refractivity contribution in [3.63, 3.8) is 0 Å². The van der Waals surface area contributed by atoms with Gasteiger partial charge in [0.05, 0.1) is 6.20 Å². The Hall–Kier alpha value is -0.590. The van der Waals surface area contributed by atoms with Gasteiger partial charge in [0.15, 0.2) is 5.03 Å². The number of hydrogen-bond donors (Lipinski definition) is 2. The number of nitrogens with zero attached hydrogens (tertiary/aromatic N) is 1. The first-order valence-corrected chi connectivity index (χ1v) is 7.61. The van der Waals surface area contributed by atoms with Gasteiger partial charge in [0.25, 0.3) is 10.0 Å². The Morgan fingerprint density at radius 3 is 2.65 bits per heavy atom. The number of sulfonamides is 1. The van der Waals surface area contributed by atoms with E-state index in [9.17, 15) is 8.42 Å². The molecule has 1 aromatic rings. The molecule has 1 aliphatic carbocycles. The highest BCUT2D eigenvalue weighted by molar-refractivity contribution is 7.89. The van der Waals surface area contributed by atoms with Crippen LogP contribution in [0.3, 0.4) is 0 Å². The molecule has 2 N–H and O–H groups in total. The first kappa shape index (κ1) is 12.9. The largest absolute Gasteiger partial charge is 0.332 e. The summed E-state index contributed by atoms with van der Waals surface area (Å²) in [5.74, 6) is 0.885. The molecule has 2 rings (SSSR count). The van der Waals surface area contributed by atoms with Crippen LogP contribution in [0.15, 0.2) is 11.2 Å². The van der Waals surface area contributed by atoms with Crippen molar-refractivity contribution in [1.29, 1.82) is 0 Å². The Kier molecular flexibility index (Phi) is 3.47. The average molecular weight is 278 g/mol. The maximum Gasteiger partial charge on any atom is 0.258 e. The molecule has 5 nitrogen and oxygen atoms in total. The van der Waals surface area contributed by atoms with Crippen molar-refractivity contribution < 1.29 is 8.42 Å². The van der Waals surface area contributed by atoms with Gasteiger partial charge in [-0.15, -0.1) is 11.6 Å². The molecule has 0 atom stereocenters. The fourth-order valence-electron chi connectivity index (χ4n) is 2.19. The summed E-state index contributed by atoms with van der Waals surface area (Å²) in [6.45, 7) is 1.71. The van der Waals surface area contributed by atoms with Crippen LogP contribution in [0.4, 0.5) is 0 Å². The van der Waals surface area contributed by atoms with Crippen molar-refractivity contribution in [3.8, 4) is 0 Å². The highest BCUT2D eigenvalue weighted by atomic mass is 35.5. The van der Waals surface area contributed by atoms with E-state index in [1.807, 2.05) is 0 Å². The molecule has 1 heterocycles. The zero-order chi connectivity index (χ0) is 12.5. The van der Waals surface area contributed by atoms with E-state index in [4.69, 9.17) is 11.6 Å². The van der Waals surface area contributed by atoms with Gasteiger partial charge in [-0.3, -0.25) is 0 Å². The third-order valence-electron chi connectivity index (χ3n) is 3.14. The lowest BCUT2D eigenvalue weighted by molar-refractivity contribution is 0.432. The topological polar surface area (TPSA) is 74.8 Å². The maximum absolute atomic E-state index is 12.1. The second-order valence-corrected chi connectivity index (χ2v) is 6.48. The lowest BCUT2D eigenvalue weighted by atomic mass is 10.0. The molecule has 0 spiro atoms. The second kappa shape index (κ2) is 4.59. The number of imidazole rings is 1. The highest BCUT2D eigenvalue weighted by Crippen LogP contribution is 2.32. The van der Waals surface area contributed by atoms with E-state index in [0.717, 1.165) is 25.7 Å². The number of aromatic nitrogens is 2. The van der Waals surface area contributed by atoms with Crippen LogP contribution in [0.2, 0.25) is 0 Å². The molecule has 0 saturated heterocycles. The van der Waals surface area contributed by atoms with Crippen LogP contribution < -0.4 is 4.72 Å². The van der Waals surface area contributed by atoms with E-state index >= 15 is 0 Å². The summed E-state index contributed by atoms with van der Waals surface area (Å²) in [4.78, 5) is 6.63. The summed E-state index contributed by atoms with van der Waals surface area (Å²) in [5, 5.41) is 0.103. The first-order valence-electron chi connectivity index (χ1n) is 5.59. The number of alkyl halides is 1. The molecule has 1 fully saturated rings. The molecular formula is C10H16ClN3O2S. The van der Waals surface area contributed by atoms with Crippen molar-refractivity contribution in [2.75, 3.05) is 5.88 Å². The molecule has 1 aromatic heterocycles. The molecule has 17 heavy (non-hydrogen) atoms. The number of rotatable bonds is 4. The van der Waals surface area contributed by atoms with Crippen molar-refractivity contribution in [1.82, 2.24) is 14.7 Å². The average Bonchev–Trinajstić information content (AvgIpc) is 2.87. The minimum Gasteiger partial charge on any atom is -0.332 e. The molecule has 0 aliphatic heterocycles. The SMILES string of the molecule is Cc1ncc(S(=O)(=O)NC2(CCl)CCCC2)[nH]1. The van der Waals surface area contributed by atoms with Crippen molar-refractivity contribution in [2.24, 2.45) is 0 Å². The number of hydrogen-bond acceptors (Lipinski definition) is 3. The molecule has 0 bridgehead atoms. The zero-order valence-electron chi connectivity index (χ0n) is 9.66. The summed E-state index contributed by atoms with van der Waals surface area (Å²) < 4.78 is 27.0. The van der Waals surface area contributed by atoms with E-state index in [0.29, 0.717) is 11.7 Å². The van der Waals surface area contributed by atoms with Crippen LogP contribution >= 0.6 is 11.6 Å². The Bertz CT molecular complexity index is 491. The third kappa shape index (κ3) is 2.64.